The van der Waals surface area contributed by atoms with Crippen molar-refractivity contribution in [3.63, 3.8) is 0 Å². The van der Waals surface area contributed by atoms with Crippen LogP contribution in [0.4, 0.5) is 10.2 Å². The number of aromatic nitrogens is 5. The standard InChI is InChI=1S/C16H15FN6O3/c1-10-5-11(3-4-12(10)17)13-6-22(20-19-13)9-16(2)8-21-7-14(23(24)25)18-15(21)26-16/h3-7H,8-9H2,1-2H3. The van der Waals surface area contributed by atoms with Crippen LogP contribution in [0.1, 0.15) is 12.5 Å². The van der Waals surface area contributed by atoms with E-state index in [9.17, 15) is 14.5 Å². The smallest absolute Gasteiger partial charge is 0.415 e. The summed E-state index contributed by atoms with van der Waals surface area (Å²) in [5.41, 5.74) is 1.29. The van der Waals surface area contributed by atoms with Crippen molar-refractivity contribution >= 4 is 5.82 Å². The molecule has 1 atom stereocenters. The molecule has 0 fully saturated rings. The van der Waals surface area contributed by atoms with Crippen LogP contribution in [0.3, 0.4) is 0 Å². The normalized spacial score (nSPS) is 18.6. The second kappa shape index (κ2) is 5.61. The van der Waals surface area contributed by atoms with E-state index in [2.05, 4.69) is 15.3 Å². The largest absolute Gasteiger partial charge is 0.436 e. The summed E-state index contributed by atoms with van der Waals surface area (Å²) in [5.74, 6) is -0.506. The average molecular weight is 358 g/mol. The van der Waals surface area contributed by atoms with Crippen molar-refractivity contribution in [3.8, 4) is 17.3 Å². The lowest BCUT2D eigenvalue weighted by molar-refractivity contribution is -0.389. The lowest BCUT2D eigenvalue weighted by Gasteiger charge is -2.21. The number of ether oxygens (including phenoxy) is 1. The van der Waals surface area contributed by atoms with Crippen LogP contribution < -0.4 is 4.74 Å². The lowest BCUT2D eigenvalue weighted by atomic mass is 10.1. The first-order chi connectivity index (χ1) is 12.3. The SMILES string of the molecule is Cc1cc(-c2cn(CC3(C)Cn4cc([N+](=O)[O-])nc4O3)nn2)ccc1F. The number of imidazole rings is 1. The van der Waals surface area contributed by atoms with Gasteiger partial charge in [0.2, 0.25) is 0 Å². The Bertz CT molecular complexity index is 988. The Morgan fingerprint density at radius 2 is 2.23 bits per heavy atom. The van der Waals surface area contributed by atoms with Crippen molar-refractivity contribution in [2.75, 3.05) is 0 Å². The van der Waals surface area contributed by atoms with Crippen LogP contribution in [0.25, 0.3) is 11.3 Å². The first-order valence-corrected chi connectivity index (χ1v) is 7.90. The van der Waals surface area contributed by atoms with E-state index in [0.717, 1.165) is 5.56 Å². The first-order valence-electron chi connectivity index (χ1n) is 7.90. The van der Waals surface area contributed by atoms with E-state index < -0.39 is 10.5 Å². The van der Waals surface area contributed by atoms with Crippen molar-refractivity contribution in [1.82, 2.24) is 24.5 Å². The van der Waals surface area contributed by atoms with Crippen molar-refractivity contribution in [3.05, 3.63) is 52.1 Å². The summed E-state index contributed by atoms with van der Waals surface area (Å²) in [6, 6.07) is 4.98. The third kappa shape index (κ3) is 2.79. The maximum Gasteiger partial charge on any atom is 0.415 e. The van der Waals surface area contributed by atoms with Gasteiger partial charge in [0, 0.05) is 10.5 Å². The van der Waals surface area contributed by atoms with Crippen LogP contribution in [0.5, 0.6) is 6.01 Å². The van der Waals surface area contributed by atoms with E-state index in [4.69, 9.17) is 4.74 Å². The Morgan fingerprint density at radius 3 is 2.92 bits per heavy atom. The van der Waals surface area contributed by atoms with Gasteiger partial charge < -0.3 is 14.9 Å². The molecule has 1 aliphatic heterocycles. The molecule has 0 amide bonds. The molecule has 1 aliphatic rings. The second-order valence-corrected chi connectivity index (χ2v) is 6.58. The maximum absolute atomic E-state index is 13.4. The molecule has 10 heteroatoms. The summed E-state index contributed by atoms with van der Waals surface area (Å²) in [6.07, 6.45) is 3.11. The van der Waals surface area contributed by atoms with Gasteiger partial charge >= 0.3 is 11.8 Å². The van der Waals surface area contributed by atoms with Gasteiger partial charge in [-0.25, -0.2) is 9.07 Å². The molecule has 134 valence electrons. The number of aryl methyl sites for hydroxylation is 1. The van der Waals surface area contributed by atoms with Crippen molar-refractivity contribution in [1.29, 1.82) is 0 Å². The molecular weight excluding hydrogens is 343 g/mol. The van der Waals surface area contributed by atoms with E-state index in [1.54, 1.807) is 34.5 Å². The minimum absolute atomic E-state index is 0.216. The van der Waals surface area contributed by atoms with E-state index >= 15 is 0 Å². The Hall–Kier alpha value is -3.30. The maximum atomic E-state index is 13.4. The topological polar surface area (TPSA) is 101 Å². The summed E-state index contributed by atoms with van der Waals surface area (Å²) in [5, 5.41) is 19.0. The Balaban J connectivity index is 1.51. The van der Waals surface area contributed by atoms with Crippen molar-refractivity contribution < 1.29 is 14.1 Å². The predicted molar refractivity (Wildman–Crippen MR) is 88.1 cm³/mol. The second-order valence-electron chi connectivity index (χ2n) is 6.58. The highest BCUT2D eigenvalue weighted by molar-refractivity contribution is 5.58. The highest BCUT2D eigenvalue weighted by Crippen LogP contribution is 2.32. The average Bonchev–Trinajstić information content (AvgIpc) is 3.23. The first kappa shape index (κ1) is 16.2. The summed E-state index contributed by atoms with van der Waals surface area (Å²) in [7, 11) is 0. The van der Waals surface area contributed by atoms with Gasteiger partial charge in [-0.3, -0.25) is 4.57 Å². The van der Waals surface area contributed by atoms with Crippen LogP contribution in [0.15, 0.2) is 30.6 Å². The fourth-order valence-corrected chi connectivity index (χ4v) is 3.02. The zero-order valence-electron chi connectivity index (χ0n) is 14.1. The number of nitro groups is 1. The number of hydrogen-bond donors (Lipinski definition) is 0. The zero-order chi connectivity index (χ0) is 18.5. The number of nitrogens with zero attached hydrogens (tertiary/aromatic N) is 6. The Kier molecular flexibility index (Phi) is 3.49. The molecule has 3 heterocycles. The predicted octanol–water partition coefficient (Wildman–Crippen LogP) is 2.35. The van der Waals surface area contributed by atoms with E-state index in [-0.39, 0.29) is 17.6 Å². The van der Waals surface area contributed by atoms with Crippen LogP contribution >= 0.6 is 0 Å². The molecule has 1 aromatic carbocycles. The van der Waals surface area contributed by atoms with Gasteiger partial charge in [-0.15, -0.1) is 5.10 Å². The van der Waals surface area contributed by atoms with Gasteiger partial charge in [-0.1, -0.05) is 5.21 Å². The molecule has 0 aliphatic carbocycles. The fourth-order valence-electron chi connectivity index (χ4n) is 3.02. The Labute approximate surface area is 147 Å². The molecule has 2 aromatic heterocycles. The molecular formula is C16H15FN6O3. The van der Waals surface area contributed by atoms with Crippen molar-refractivity contribution in [2.24, 2.45) is 0 Å². The van der Waals surface area contributed by atoms with E-state index in [1.807, 2.05) is 6.92 Å². The molecule has 3 aromatic rings. The van der Waals surface area contributed by atoms with Crippen LogP contribution in [-0.2, 0) is 13.1 Å². The van der Waals surface area contributed by atoms with Gasteiger partial charge in [-0.05, 0) is 42.5 Å². The highest BCUT2D eigenvalue weighted by Gasteiger charge is 2.41. The molecule has 0 saturated heterocycles. The molecule has 0 radical (unpaired) electrons. The van der Waals surface area contributed by atoms with Crippen molar-refractivity contribution in [2.45, 2.75) is 32.5 Å². The van der Waals surface area contributed by atoms with Crippen LogP contribution in [0, 0.1) is 22.9 Å². The highest BCUT2D eigenvalue weighted by atomic mass is 19.1. The van der Waals surface area contributed by atoms with Gasteiger partial charge in [-0.2, -0.15) is 0 Å². The molecule has 9 nitrogen and oxygen atoms in total. The minimum Gasteiger partial charge on any atom is -0.436 e. The van der Waals surface area contributed by atoms with Crippen LogP contribution in [0.2, 0.25) is 0 Å². The number of fused-ring (bicyclic) bond motifs is 1. The van der Waals surface area contributed by atoms with Gasteiger partial charge in [0.25, 0.3) is 0 Å². The number of benzene rings is 1. The fraction of sp³-hybridized carbons (Fsp3) is 0.312. The lowest BCUT2D eigenvalue weighted by Crippen LogP contribution is -2.36. The third-order valence-corrected chi connectivity index (χ3v) is 4.25. The van der Waals surface area contributed by atoms with E-state index in [0.29, 0.717) is 24.3 Å². The van der Waals surface area contributed by atoms with Gasteiger partial charge in [0.05, 0.1) is 19.3 Å². The molecule has 0 spiro atoms. The summed E-state index contributed by atoms with van der Waals surface area (Å²) >= 11 is 0. The molecule has 1 unspecified atom stereocenters. The quantitative estimate of drug-likeness (QED) is 0.524. The molecule has 0 N–H and O–H groups in total. The number of rotatable bonds is 4. The molecule has 0 saturated carbocycles. The van der Waals surface area contributed by atoms with Gasteiger partial charge in [0.1, 0.15) is 23.3 Å². The summed E-state index contributed by atoms with van der Waals surface area (Å²) < 4.78 is 22.4. The monoisotopic (exact) mass is 358 g/mol. The summed E-state index contributed by atoms with van der Waals surface area (Å²) in [6.45, 7) is 4.36. The van der Waals surface area contributed by atoms with Gasteiger partial charge in [0.15, 0.2) is 0 Å². The number of halogens is 1. The van der Waals surface area contributed by atoms with E-state index in [1.165, 1.54) is 12.3 Å². The summed E-state index contributed by atoms with van der Waals surface area (Å²) in [4.78, 5) is 14.1. The van der Waals surface area contributed by atoms with Crippen LogP contribution in [-0.4, -0.2) is 35.1 Å². The Morgan fingerprint density at radius 1 is 1.42 bits per heavy atom. The molecule has 26 heavy (non-hydrogen) atoms. The number of hydrogen-bond acceptors (Lipinski definition) is 6. The molecule has 0 bridgehead atoms. The third-order valence-electron chi connectivity index (χ3n) is 4.25. The zero-order valence-corrected chi connectivity index (χ0v) is 14.1. The molecule has 4 rings (SSSR count). The minimum atomic E-state index is -0.652.